The molecular weight excluding hydrogens is 322 g/mol. The van der Waals surface area contributed by atoms with Gasteiger partial charge in [-0.3, -0.25) is 4.79 Å². The third kappa shape index (κ3) is 2.97. The highest BCUT2D eigenvalue weighted by molar-refractivity contribution is 7.12. The van der Waals surface area contributed by atoms with E-state index >= 15 is 0 Å². The number of thiazole rings is 1. The van der Waals surface area contributed by atoms with Crippen LogP contribution in [0.1, 0.15) is 41.8 Å². The number of carbonyl (C=O) groups excluding carboxylic acids is 1. The van der Waals surface area contributed by atoms with Gasteiger partial charge in [0.15, 0.2) is 5.01 Å². The van der Waals surface area contributed by atoms with E-state index in [0.29, 0.717) is 16.3 Å². The Labute approximate surface area is 144 Å². The zero-order valence-electron chi connectivity index (χ0n) is 14.1. The predicted octanol–water partition coefficient (Wildman–Crippen LogP) is 4.25. The van der Waals surface area contributed by atoms with E-state index < -0.39 is 0 Å². The van der Waals surface area contributed by atoms with Crippen molar-refractivity contribution in [2.45, 2.75) is 20.8 Å². The molecule has 0 amide bonds. The van der Waals surface area contributed by atoms with E-state index in [-0.39, 0.29) is 11.2 Å². The Morgan fingerprint density at radius 1 is 1.29 bits per heavy atom. The minimum Gasteiger partial charge on any atom is -0.399 e. The fourth-order valence-corrected chi connectivity index (χ4v) is 3.28. The molecule has 0 aliphatic carbocycles. The summed E-state index contributed by atoms with van der Waals surface area (Å²) in [5.74, 6) is -0.0885. The van der Waals surface area contributed by atoms with E-state index in [1.54, 1.807) is 6.20 Å². The molecule has 2 heterocycles. The Hall–Kier alpha value is -2.47. The maximum Gasteiger partial charge on any atom is 0.223 e. The molecule has 0 spiro atoms. The molecule has 0 saturated heterocycles. The van der Waals surface area contributed by atoms with Crippen molar-refractivity contribution in [1.29, 1.82) is 0 Å². The molecule has 0 aliphatic rings. The molecule has 0 aliphatic heterocycles. The van der Waals surface area contributed by atoms with Crippen molar-refractivity contribution in [3.8, 4) is 0 Å². The van der Waals surface area contributed by atoms with Gasteiger partial charge in [0.2, 0.25) is 5.78 Å². The zero-order chi connectivity index (χ0) is 17.3. The van der Waals surface area contributed by atoms with Crippen molar-refractivity contribution in [2.24, 2.45) is 10.6 Å². The average Bonchev–Trinajstić information content (AvgIpc) is 3.18. The number of H-pyrrole nitrogens is 1. The number of nitrogens with zero attached hydrogens (tertiary/aromatic N) is 2. The van der Waals surface area contributed by atoms with Gasteiger partial charge in [-0.05, 0) is 6.07 Å². The molecule has 124 valence electrons. The van der Waals surface area contributed by atoms with Crippen LogP contribution in [0.2, 0.25) is 0 Å². The number of fused-ring (bicyclic) bond motifs is 1. The van der Waals surface area contributed by atoms with Crippen LogP contribution < -0.4 is 0 Å². The van der Waals surface area contributed by atoms with Gasteiger partial charge in [-0.1, -0.05) is 44.1 Å². The minimum absolute atomic E-state index is 0.0885. The van der Waals surface area contributed by atoms with E-state index in [4.69, 9.17) is 4.84 Å². The minimum atomic E-state index is -0.231. The molecule has 2 aromatic heterocycles. The Morgan fingerprint density at radius 2 is 2.04 bits per heavy atom. The van der Waals surface area contributed by atoms with Crippen LogP contribution >= 0.6 is 11.3 Å². The van der Waals surface area contributed by atoms with Crippen molar-refractivity contribution in [3.05, 3.63) is 52.1 Å². The first-order chi connectivity index (χ1) is 11.4. The maximum atomic E-state index is 12.8. The quantitative estimate of drug-likeness (QED) is 0.438. The molecule has 3 aromatic rings. The van der Waals surface area contributed by atoms with Crippen LogP contribution in [0.15, 0.2) is 41.0 Å². The summed E-state index contributed by atoms with van der Waals surface area (Å²) in [6, 6.07) is 7.73. The SMILES string of the molecule is CO/N=C(/c1csc(C(=O)c2c[nH]c3ccccc23)n1)C(C)(C)C. The summed E-state index contributed by atoms with van der Waals surface area (Å²) < 4.78 is 0. The van der Waals surface area contributed by atoms with E-state index in [9.17, 15) is 4.79 Å². The summed E-state index contributed by atoms with van der Waals surface area (Å²) in [5, 5.41) is 7.30. The summed E-state index contributed by atoms with van der Waals surface area (Å²) in [7, 11) is 1.51. The third-order valence-corrected chi connectivity index (χ3v) is 4.51. The summed E-state index contributed by atoms with van der Waals surface area (Å²) >= 11 is 1.32. The second kappa shape index (κ2) is 6.20. The number of rotatable bonds is 4. The second-order valence-electron chi connectivity index (χ2n) is 6.49. The van der Waals surface area contributed by atoms with E-state index in [2.05, 4.69) is 15.1 Å². The van der Waals surface area contributed by atoms with Gasteiger partial charge in [-0.2, -0.15) is 0 Å². The number of oxime groups is 1. The summed E-state index contributed by atoms with van der Waals surface area (Å²) in [5.41, 5.74) is 2.74. The molecule has 6 heteroatoms. The Morgan fingerprint density at radius 3 is 2.75 bits per heavy atom. The molecule has 5 nitrogen and oxygen atoms in total. The molecule has 3 rings (SSSR count). The van der Waals surface area contributed by atoms with Gasteiger partial charge in [0.1, 0.15) is 18.5 Å². The maximum absolute atomic E-state index is 12.8. The van der Waals surface area contributed by atoms with Crippen LogP contribution in [0.25, 0.3) is 10.9 Å². The number of nitrogens with one attached hydrogen (secondary N) is 1. The summed E-state index contributed by atoms with van der Waals surface area (Å²) in [6.07, 6.45) is 1.74. The van der Waals surface area contributed by atoms with Gasteiger partial charge in [0.25, 0.3) is 0 Å². The van der Waals surface area contributed by atoms with E-state index in [1.165, 1.54) is 18.4 Å². The molecule has 0 saturated carbocycles. The Bertz CT molecular complexity index is 916. The number of aromatic nitrogens is 2. The molecule has 0 radical (unpaired) electrons. The lowest BCUT2D eigenvalue weighted by molar-refractivity contribution is 0.104. The normalized spacial score (nSPS) is 12.6. The fraction of sp³-hybridized carbons (Fsp3) is 0.278. The lowest BCUT2D eigenvalue weighted by Crippen LogP contribution is -2.22. The van der Waals surface area contributed by atoms with Gasteiger partial charge in [0.05, 0.1) is 5.56 Å². The molecular formula is C18H19N3O2S. The largest absolute Gasteiger partial charge is 0.399 e. The highest BCUT2D eigenvalue weighted by Gasteiger charge is 2.26. The lowest BCUT2D eigenvalue weighted by atomic mass is 9.88. The number of carbonyl (C=O) groups is 1. The second-order valence-corrected chi connectivity index (χ2v) is 7.35. The molecule has 0 atom stereocenters. The highest BCUT2D eigenvalue weighted by Crippen LogP contribution is 2.26. The first-order valence-corrected chi connectivity index (χ1v) is 8.48. The van der Waals surface area contributed by atoms with Gasteiger partial charge in [-0.25, -0.2) is 4.98 Å². The first-order valence-electron chi connectivity index (χ1n) is 7.60. The molecule has 0 unspecified atom stereocenters. The third-order valence-electron chi connectivity index (χ3n) is 3.67. The van der Waals surface area contributed by atoms with Crippen LogP contribution in [-0.4, -0.2) is 28.6 Å². The number of hydrogen-bond acceptors (Lipinski definition) is 5. The van der Waals surface area contributed by atoms with Crippen LogP contribution in [0.3, 0.4) is 0 Å². The Kier molecular flexibility index (Phi) is 4.24. The monoisotopic (exact) mass is 341 g/mol. The van der Waals surface area contributed by atoms with Crippen LogP contribution in [0.5, 0.6) is 0 Å². The standard InChI is InChI=1S/C18H19N3O2S/c1-18(2,3)16(21-23-4)14-10-24-17(20-14)15(22)12-9-19-13-8-6-5-7-11(12)13/h5-10,19H,1-4H3/b21-16-. The van der Waals surface area contributed by atoms with Gasteiger partial charge >= 0.3 is 0 Å². The van der Waals surface area contributed by atoms with E-state index in [0.717, 1.165) is 16.6 Å². The van der Waals surface area contributed by atoms with Gasteiger partial charge in [0, 0.05) is 27.9 Å². The number of aromatic amines is 1. The Balaban J connectivity index is 1.98. The van der Waals surface area contributed by atoms with Crippen LogP contribution in [-0.2, 0) is 4.84 Å². The number of hydrogen-bond donors (Lipinski definition) is 1. The van der Waals surface area contributed by atoms with Crippen molar-refractivity contribution in [1.82, 2.24) is 9.97 Å². The predicted molar refractivity (Wildman–Crippen MR) is 96.8 cm³/mol. The lowest BCUT2D eigenvalue weighted by Gasteiger charge is -2.18. The van der Waals surface area contributed by atoms with Crippen molar-refractivity contribution < 1.29 is 9.63 Å². The van der Waals surface area contributed by atoms with Crippen molar-refractivity contribution in [3.63, 3.8) is 0 Å². The van der Waals surface area contributed by atoms with Crippen molar-refractivity contribution in [2.75, 3.05) is 7.11 Å². The van der Waals surface area contributed by atoms with Gasteiger partial charge in [-0.15, -0.1) is 11.3 Å². The van der Waals surface area contributed by atoms with Crippen LogP contribution in [0.4, 0.5) is 0 Å². The topological polar surface area (TPSA) is 67.3 Å². The average molecular weight is 341 g/mol. The summed E-state index contributed by atoms with van der Waals surface area (Å²) in [6.45, 7) is 6.10. The molecule has 0 bridgehead atoms. The van der Waals surface area contributed by atoms with Crippen LogP contribution in [0, 0.1) is 5.41 Å². The fourth-order valence-electron chi connectivity index (χ4n) is 2.52. The number of para-hydroxylation sites is 1. The molecule has 1 aromatic carbocycles. The smallest absolute Gasteiger partial charge is 0.223 e. The van der Waals surface area contributed by atoms with E-state index in [1.807, 2.05) is 50.4 Å². The summed E-state index contributed by atoms with van der Waals surface area (Å²) in [4.78, 5) is 25.4. The highest BCUT2D eigenvalue weighted by atomic mass is 32.1. The molecule has 0 fully saturated rings. The number of ketones is 1. The van der Waals surface area contributed by atoms with Crippen molar-refractivity contribution >= 4 is 33.7 Å². The first kappa shape index (κ1) is 16.4. The number of benzene rings is 1. The molecule has 24 heavy (non-hydrogen) atoms. The zero-order valence-corrected chi connectivity index (χ0v) is 14.9. The molecule has 1 N–H and O–H groups in total. The van der Waals surface area contributed by atoms with Gasteiger partial charge < -0.3 is 9.82 Å².